The number of para-hydroxylation sites is 1. The van der Waals surface area contributed by atoms with Crippen LogP contribution in [-0.4, -0.2) is 15.0 Å². The number of hydrogen-bond acceptors (Lipinski definition) is 4. The minimum absolute atomic E-state index is 0.799. The zero-order chi connectivity index (χ0) is 15.2. The average Bonchev–Trinajstić information content (AvgIpc) is 2.99. The van der Waals surface area contributed by atoms with E-state index in [1.807, 2.05) is 54.9 Å². The molecule has 0 N–H and O–H groups in total. The van der Waals surface area contributed by atoms with Gasteiger partial charge in [0.05, 0.1) is 11.4 Å². The summed E-state index contributed by atoms with van der Waals surface area (Å²) in [5.41, 5.74) is 3.33. The van der Waals surface area contributed by atoms with Crippen LogP contribution < -0.4 is 0 Å². The Morgan fingerprint density at radius 1 is 0.739 bits per heavy atom. The summed E-state index contributed by atoms with van der Waals surface area (Å²) in [6.07, 6.45) is 7.25. The Kier molecular flexibility index (Phi) is 2.46. The van der Waals surface area contributed by atoms with E-state index in [9.17, 15) is 0 Å². The SMILES string of the molecule is c1ccc2c(c1)oc1cc(-c3nccc4cnccc34)ncc12. The van der Waals surface area contributed by atoms with Gasteiger partial charge in [0.1, 0.15) is 11.2 Å². The lowest BCUT2D eigenvalue weighted by Gasteiger charge is -2.04. The third-order valence-corrected chi connectivity index (χ3v) is 4.07. The molecule has 0 aliphatic heterocycles. The van der Waals surface area contributed by atoms with Crippen molar-refractivity contribution in [3.05, 3.63) is 67.3 Å². The summed E-state index contributed by atoms with van der Waals surface area (Å²) in [4.78, 5) is 13.3. The topological polar surface area (TPSA) is 51.8 Å². The predicted octanol–water partition coefficient (Wildman–Crippen LogP) is 4.59. The first-order valence-electron chi connectivity index (χ1n) is 7.36. The maximum atomic E-state index is 5.95. The van der Waals surface area contributed by atoms with Gasteiger partial charge in [0.25, 0.3) is 0 Å². The van der Waals surface area contributed by atoms with E-state index >= 15 is 0 Å². The Balaban J connectivity index is 1.81. The summed E-state index contributed by atoms with van der Waals surface area (Å²) in [6, 6.07) is 13.9. The van der Waals surface area contributed by atoms with Crippen molar-refractivity contribution in [3.63, 3.8) is 0 Å². The van der Waals surface area contributed by atoms with Crippen LogP contribution in [0.25, 0.3) is 44.1 Å². The van der Waals surface area contributed by atoms with Crippen molar-refractivity contribution in [1.82, 2.24) is 15.0 Å². The van der Waals surface area contributed by atoms with Crippen LogP contribution in [0.2, 0.25) is 0 Å². The molecule has 4 heteroatoms. The molecule has 0 atom stereocenters. The number of nitrogens with zero attached hydrogens (tertiary/aromatic N) is 3. The summed E-state index contributed by atoms with van der Waals surface area (Å²) in [5.74, 6) is 0. The molecule has 4 nitrogen and oxygen atoms in total. The molecule has 0 radical (unpaired) electrons. The molecule has 0 aliphatic carbocycles. The molecule has 5 rings (SSSR count). The van der Waals surface area contributed by atoms with Crippen LogP contribution in [0.15, 0.2) is 71.7 Å². The molecule has 5 aromatic rings. The number of hydrogen-bond donors (Lipinski definition) is 0. The Bertz CT molecular complexity index is 1170. The van der Waals surface area contributed by atoms with Crippen LogP contribution in [0.4, 0.5) is 0 Å². The molecule has 108 valence electrons. The van der Waals surface area contributed by atoms with E-state index in [0.29, 0.717) is 0 Å². The molecule has 4 heterocycles. The summed E-state index contributed by atoms with van der Waals surface area (Å²) in [5, 5.41) is 4.18. The van der Waals surface area contributed by atoms with Gasteiger partial charge >= 0.3 is 0 Å². The van der Waals surface area contributed by atoms with Crippen molar-refractivity contribution in [2.24, 2.45) is 0 Å². The molecular weight excluding hydrogens is 286 g/mol. The molecule has 0 unspecified atom stereocenters. The molecule has 0 saturated carbocycles. The summed E-state index contributed by atoms with van der Waals surface area (Å²) < 4.78 is 5.95. The summed E-state index contributed by atoms with van der Waals surface area (Å²) in [7, 11) is 0. The van der Waals surface area contributed by atoms with Gasteiger partial charge in [-0.15, -0.1) is 0 Å². The normalized spacial score (nSPS) is 11.5. The summed E-state index contributed by atoms with van der Waals surface area (Å²) in [6.45, 7) is 0. The fourth-order valence-corrected chi connectivity index (χ4v) is 2.97. The van der Waals surface area contributed by atoms with Crippen molar-refractivity contribution in [3.8, 4) is 11.4 Å². The van der Waals surface area contributed by atoms with Crippen LogP contribution in [0.3, 0.4) is 0 Å². The van der Waals surface area contributed by atoms with E-state index in [1.165, 1.54) is 0 Å². The molecular formula is C19H11N3O. The van der Waals surface area contributed by atoms with Crippen molar-refractivity contribution in [2.45, 2.75) is 0 Å². The fourth-order valence-electron chi connectivity index (χ4n) is 2.97. The first-order chi connectivity index (χ1) is 11.4. The molecule has 0 fully saturated rings. The van der Waals surface area contributed by atoms with Crippen LogP contribution in [-0.2, 0) is 0 Å². The second kappa shape index (κ2) is 4.61. The zero-order valence-electron chi connectivity index (χ0n) is 12.1. The van der Waals surface area contributed by atoms with Gasteiger partial charge in [-0.2, -0.15) is 0 Å². The van der Waals surface area contributed by atoms with Crippen LogP contribution in [0.1, 0.15) is 0 Å². The average molecular weight is 297 g/mol. The molecule has 0 aliphatic rings. The van der Waals surface area contributed by atoms with Gasteiger partial charge in [-0.3, -0.25) is 15.0 Å². The van der Waals surface area contributed by atoms with E-state index in [1.54, 1.807) is 12.4 Å². The number of aromatic nitrogens is 3. The van der Waals surface area contributed by atoms with Gasteiger partial charge in [0.2, 0.25) is 0 Å². The number of fused-ring (bicyclic) bond motifs is 4. The van der Waals surface area contributed by atoms with E-state index in [4.69, 9.17) is 4.42 Å². The molecule has 0 amide bonds. The highest BCUT2D eigenvalue weighted by Crippen LogP contribution is 2.31. The van der Waals surface area contributed by atoms with Crippen LogP contribution in [0, 0.1) is 0 Å². The zero-order valence-corrected chi connectivity index (χ0v) is 12.1. The van der Waals surface area contributed by atoms with Gasteiger partial charge in [0, 0.05) is 52.4 Å². The monoisotopic (exact) mass is 297 g/mol. The lowest BCUT2D eigenvalue weighted by molar-refractivity contribution is 0.668. The van der Waals surface area contributed by atoms with E-state index in [0.717, 1.165) is 44.1 Å². The molecule has 1 aromatic carbocycles. The maximum absolute atomic E-state index is 5.95. The second-order valence-electron chi connectivity index (χ2n) is 5.42. The predicted molar refractivity (Wildman–Crippen MR) is 90.0 cm³/mol. The standard InChI is InChI=1S/C19H11N3O/c1-2-4-17-14(3-1)15-11-22-16(9-18(15)23-17)19-13-6-7-20-10-12(13)5-8-21-19/h1-11H. The van der Waals surface area contributed by atoms with Gasteiger partial charge in [-0.05, 0) is 18.2 Å². The largest absolute Gasteiger partial charge is 0.456 e. The Labute approximate surface area is 131 Å². The van der Waals surface area contributed by atoms with E-state index in [2.05, 4.69) is 15.0 Å². The van der Waals surface area contributed by atoms with Gasteiger partial charge in [-0.25, -0.2) is 0 Å². The highest BCUT2D eigenvalue weighted by Gasteiger charge is 2.11. The van der Waals surface area contributed by atoms with Crippen LogP contribution in [0.5, 0.6) is 0 Å². The smallest absolute Gasteiger partial charge is 0.139 e. The number of benzene rings is 1. The number of rotatable bonds is 1. The quantitative estimate of drug-likeness (QED) is 0.454. The molecule has 0 saturated heterocycles. The first kappa shape index (κ1) is 12.3. The minimum Gasteiger partial charge on any atom is -0.456 e. The van der Waals surface area contributed by atoms with Crippen molar-refractivity contribution < 1.29 is 4.42 Å². The third-order valence-electron chi connectivity index (χ3n) is 4.07. The van der Waals surface area contributed by atoms with Gasteiger partial charge in [-0.1, -0.05) is 18.2 Å². The molecule has 0 spiro atoms. The lowest BCUT2D eigenvalue weighted by atomic mass is 10.1. The molecule has 23 heavy (non-hydrogen) atoms. The Morgan fingerprint density at radius 3 is 2.70 bits per heavy atom. The van der Waals surface area contributed by atoms with Crippen molar-refractivity contribution >= 4 is 32.7 Å². The highest BCUT2D eigenvalue weighted by molar-refractivity contribution is 6.05. The summed E-state index contributed by atoms with van der Waals surface area (Å²) >= 11 is 0. The van der Waals surface area contributed by atoms with Crippen LogP contribution >= 0.6 is 0 Å². The van der Waals surface area contributed by atoms with Gasteiger partial charge < -0.3 is 4.42 Å². The number of pyridine rings is 3. The first-order valence-corrected chi connectivity index (χ1v) is 7.36. The van der Waals surface area contributed by atoms with Crippen molar-refractivity contribution in [2.75, 3.05) is 0 Å². The minimum atomic E-state index is 0.799. The molecule has 4 aromatic heterocycles. The maximum Gasteiger partial charge on any atom is 0.139 e. The fraction of sp³-hybridized carbons (Fsp3) is 0. The van der Waals surface area contributed by atoms with Crippen molar-refractivity contribution in [1.29, 1.82) is 0 Å². The Morgan fingerprint density at radius 2 is 1.70 bits per heavy atom. The van der Waals surface area contributed by atoms with E-state index < -0.39 is 0 Å². The third kappa shape index (κ3) is 1.82. The second-order valence-corrected chi connectivity index (χ2v) is 5.42. The lowest BCUT2D eigenvalue weighted by Crippen LogP contribution is -1.89. The van der Waals surface area contributed by atoms with E-state index in [-0.39, 0.29) is 0 Å². The van der Waals surface area contributed by atoms with Gasteiger partial charge in [0.15, 0.2) is 0 Å². The Hall–Kier alpha value is -3.27. The highest BCUT2D eigenvalue weighted by atomic mass is 16.3. The number of furan rings is 1. The molecule has 0 bridgehead atoms.